The van der Waals surface area contributed by atoms with Gasteiger partial charge >= 0.3 is 0 Å². The van der Waals surface area contributed by atoms with Gasteiger partial charge in [0.05, 0.1) is 6.10 Å². The number of ketones is 1. The molecule has 2 rings (SSSR count). The van der Waals surface area contributed by atoms with Gasteiger partial charge < -0.3 is 5.11 Å². The number of hydrogen-bond donors (Lipinski definition) is 1. The predicted octanol–water partition coefficient (Wildman–Crippen LogP) is 2.52. The van der Waals surface area contributed by atoms with Gasteiger partial charge in [-0.2, -0.15) is 0 Å². The molecule has 1 aliphatic carbocycles. The van der Waals surface area contributed by atoms with Crippen molar-refractivity contribution in [1.82, 2.24) is 0 Å². The molecule has 0 amide bonds. The van der Waals surface area contributed by atoms with Gasteiger partial charge in [-0.1, -0.05) is 18.2 Å². The van der Waals surface area contributed by atoms with Gasteiger partial charge in [0.2, 0.25) is 0 Å². The smallest absolute Gasteiger partial charge is 0.159 e. The Morgan fingerprint density at radius 2 is 2.20 bits per heavy atom. The molecule has 1 aromatic carbocycles. The van der Waals surface area contributed by atoms with Gasteiger partial charge in [0, 0.05) is 5.56 Å². The van der Waals surface area contributed by atoms with Crippen LogP contribution in [0.15, 0.2) is 24.3 Å². The van der Waals surface area contributed by atoms with E-state index >= 15 is 0 Å². The Morgan fingerprint density at radius 1 is 1.40 bits per heavy atom. The summed E-state index contributed by atoms with van der Waals surface area (Å²) >= 11 is 0. The zero-order chi connectivity index (χ0) is 10.8. The van der Waals surface area contributed by atoms with E-state index in [2.05, 4.69) is 6.07 Å². The zero-order valence-electron chi connectivity index (χ0n) is 8.94. The molecular weight excluding hydrogens is 188 g/mol. The third-order valence-electron chi connectivity index (χ3n) is 3.17. The predicted molar refractivity (Wildman–Crippen MR) is 59.0 cm³/mol. The van der Waals surface area contributed by atoms with Crippen LogP contribution in [-0.2, 0) is 0 Å². The summed E-state index contributed by atoms with van der Waals surface area (Å²) in [6.07, 6.45) is 2.59. The molecule has 0 spiro atoms. The van der Waals surface area contributed by atoms with Crippen LogP contribution in [0.25, 0.3) is 0 Å². The second-order valence-electron chi connectivity index (χ2n) is 4.35. The minimum atomic E-state index is -0.156. The summed E-state index contributed by atoms with van der Waals surface area (Å²) in [5.41, 5.74) is 1.97. The fourth-order valence-corrected chi connectivity index (χ4v) is 2.27. The lowest BCUT2D eigenvalue weighted by Crippen LogP contribution is -2.00. The fraction of sp³-hybridized carbons (Fsp3) is 0.462. The van der Waals surface area contributed by atoms with Crippen LogP contribution < -0.4 is 0 Å². The fourth-order valence-electron chi connectivity index (χ4n) is 2.27. The van der Waals surface area contributed by atoms with Gasteiger partial charge in [-0.05, 0) is 43.7 Å². The molecule has 80 valence electrons. The van der Waals surface area contributed by atoms with Crippen molar-refractivity contribution in [3.63, 3.8) is 0 Å². The number of benzene rings is 1. The highest BCUT2D eigenvalue weighted by molar-refractivity contribution is 5.94. The number of carbonyl (C=O) groups is 1. The largest absolute Gasteiger partial charge is 0.393 e. The van der Waals surface area contributed by atoms with E-state index in [-0.39, 0.29) is 11.9 Å². The van der Waals surface area contributed by atoms with Crippen LogP contribution in [-0.4, -0.2) is 17.0 Å². The summed E-state index contributed by atoms with van der Waals surface area (Å²) in [5.74, 6) is 0.537. The van der Waals surface area contributed by atoms with Gasteiger partial charge in [-0.15, -0.1) is 0 Å². The van der Waals surface area contributed by atoms with E-state index in [4.69, 9.17) is 0 Å². The maximum Gasteiger partial charge on any atom is 0.159 e. The van der Waals surface area contributed by atoms with Crippen molar-refractivity contribution in [3.05, 3.63) is 35.4 Å². The summed E-state index contributed by atoms with van der Waals surface area (Å²) in [4.78, 5) is 11.2. The molecule has 0 radical (unpaired) electrons. The van der Waals surface area contributed by atoms with Crippen LogP contribution in [0.1, 0.15) is 48.0 Å². The Balaban J connectivity index is 2.21. The normalized spacial score (nSPS) is 25.5. The van der Waals surface area contributed by atoms with Gasteiger partial charge in [0.15, 0.2) is 5.78 Å². The van der Waals surface area contributed by atoms with E-state index < -0.39 is 0 Å². The van der Waals surface area contributed by atoms with Crippen LogP contribution in [0.5, 0.6) is 0 Å². The second-order valence-corrected chi connectivity index (χ2v) is 4.35. The number of Topliss-reactive ketones (excluding diaryl/α,β-unsaturated/α-hetero) is 1. The molecule has 2 nitrogen and oxygen atoms in total. The zero-order valence-corrected chi connectivity index (χ0v) is 8.94. The standard InChI is InChI=1S/C13H16O2/c1-9(14)10-3-2-4-11(7-10)12-5-6-13(15)8-12/h2-4,7,12-13,15H,5-6,8H2,1H3. The lowest BCUT2D eigenvalue weighted by Gasteiger charge is -2.10. The van der Waals surface area contributed by atoms with Crippen LogP contribution in [0.2, 0.25) is 0 Å². The highest BCUT2D eigenvalue weighted by Crippen LogP contribution is 2.34. The van der Waals surface area contributed by atoms with Crippen LogP contribution in [0, 0.1) is 0 Å². The van der Waals surface area contributed by atoms with E-state index in [1.165, 1.54) is 5.56 Å². The van der Waals surface area contributed by atoms with Crippen molar-refractivity contribution >= 4 is 5.78 Å². The average molecular weight is 204 g/mol. The maximum atomic E-state index is 11.2. The molecule has 2 atom stereocenters. The summed E-state index contributed by atoms with van der Waals surface area (Å²) in [7, 11) is 0. The molecule has 1 N–H and O–H groups in total. The Labute approximate surface area is 89.9 Å². The van der Waals surface area contributed by atoms with Crippen molar-refractivity contribution in [2.75, 3.05) is 0 Å². The third-order valence-corrected chi connectivity index (χ3v) is 3.17. The number of aliphatic hydroxyl groups excluding tert-OH is 1. The van der Waals surface area contributed by atoms with E-state index in [0.29, 0.717) is 5.92 Å². The molecule has 2 unspecified atom stereocenters. The first-order valence-corrected chi connectivity index (χ1v) is 5.46. The lowest BCUT2D eigenvalue weighted by molar-refractivity contribution is 0.101. The van der Waals surface area contributed by atoms with Crippen molar-refractivity contribution in [2.24, 2.45) is 0 Å². The van der Waals surface area contributed by atoms with Crippen LogP contribution >= 0.6 is 0 Å². The Bertz CT molecular complexity index is 371. The summed E-state index contributed by atoms with van der Waals surface area (Å²) in [5, 5.41) is 9.47. The Hall–Kier alpha value is -1.15. The summed E-state index contributed by atoms with van der Waals surface area (Å²) in [6, 6.07) is 7.79. The lowest BCUT2D eigenvalue weighted by atomic mass is 9.95. The van der Waals surface area contributed by atoms with Crippen LogP contribution in [0.4, 0.5) is 0 Å². The van der Waals surface area contributed by atoms with E-state index in [1.807, 2.05) is 18.2 Å². The molecule has 0 heterocycles. The number of hydrogen-bond acceptors (Lipinski definition) is 2. The SMILES string of the molecule is CC(=O)c1cccc(C2CCC(O)C2)c1. The minimum Gasteiger partial charge on any atom is -0.393 e. The molecular formula is C13H16O2. The first-order valence-electron chi connectivity index (χ1n) is 5.46. The molecule has 0 aliphatic heterocycles. The molecule has 0 bridgehead atoms. The highest BCUT2D eigenvalue weighted by Gasteiger charge is 2.24. The Morgan fingerprint density at radius 3 is 2.80 bits per heavy atom. The molecule has 0 saturated heterocycles. The van der Waals surface area contributed by atoms with E-state index in [1.54, 1.807) is 6.92 Å². The molecule has 1 fully saturated rings. The van der Waals surface area contributed by atoms with Crippen molar-refractivity contribution < 1.29 is 9.90 Å². The molecule has 15 heavy (non-hydrogen) atoms. The van der Waals surface area contributed by atoms with Gasteiger partial charge in [-0.25, -0.2) is 0 Å². The topological polar surface area (TPSA) is 37.3 Å². The van der Waals surface area contributed by atoms with Crippen molar-refractivity contribution in [2.45, 2.75) is 38.2 Å². The highest BCUT2D eigenvalue weighted by atomic mass is 16.3. The summed E-state index contributed by atoms with van der Waals surface area (Å²) < 4.78 is 0. The first-order chi connectivity index (χ1) is 7.16. The molecule has 2 heteroatoms. The molecule has 0 aromatic heterocycles. The number of rotatable bonds is 2. The monoisotopic (exact) mass is 204 g/mol. The van der Waals surface area contributed by atoms with Gasteiger partial charge in [-0.3, -0.25) is 4.79 Å². The molecule has 1 aromatic rings. The van der Waals surface area contributed by atoms with E-state index in [0.717, 1.165) is 24.8 Å². The van der Waals surface area contributed by atoms with E-state index in [9.17, 15) is 9.90 Å². The average Bonchev–Trinajstić information content (AvgIpc) is 2.65. The molecule has 1 aliphatic rings. The van der Waals surface area contributed by atoms with Crippen molar-refractivity contribution in [3.8, 4) is 0 Å². The minimum absolute atomic E-state index is 0.107. The molecule has 1 saturated carbocycles. The quantitative estimate of drug-likeness (QED) is 0.751. The Kier molecular flexibility index (Phi) is 2.87. The second kappa shape index (κ2) is 4.15. The summed E-state index contributed by atoms with van der Waals surface area (Å²) in [6.45, 7) is 1.59. The maximum absolute atomic E-state index is 11.2. The van der Waals surface area contributed by atoms with Gasteiger partial charge in [0.1, 0.15) is 0 Å². The van der Waals surface area contributed by atoms with Crippen molar-refractivity contribution in [1.29, 1.82) is 0 Å². The van der Waals surface area contributed by atoms with Gasteiger partial charge in [0.25, 0.3) is 0 Å². The third kappa shape index (κ3) is 2.26. The number of aliphatic hydroxyl groups is 1. The van der Waals surface area contributed by atoms with Crippen LogP contribution in [0.3, 0.4) is 0 Å². The number of carbonyl (C=O) groups excluding carboxylic acids is 1. The first kappa shape index (κ1) is 10.4.